The van der Waals surface area contributed by atoms with Gasteiger partial charge in [0.25, 0.3) is 0 Å². The number of halogens is 3. The maximum absolute atomic E-state index is 12.4. The van der Waals surface area contributed by atoms with Crippen LogP contribution in [-0.2, 0) is 12.7 Å². The Labute approximate surface area is 102 Å². The van der Waals surface area contributed by atoms with Crippen LogP contribution in [0.2, 0.25) is 0 Å². The lowest BCUT2D eigenvalue weighted by molar-refractivity contribution is -0.141. The number of aromatic nitrogens is 2. The Balaban J connectivity index is 2.24. The van der Waals surface area contributed by atoms with Crippen molar-refractivity contribution in [2.24, 2.45) is 0 Å². The lowest BCUT2D eigenvalue weighted by Gasteiger charge is -2.07. The van der Waals surface area contributed by atoms with Crippen molar-refractivity contribution < 1.29 is 13.2 Å². The number of benzene rings is 1. The first-order valence-electron chi connectivity index (χ1n) is 5.32. The van der Waals surface area contributed by atoms with Gasteiger partial charge >= 0.3 is 6.18 Å². The molecule has 18 heavy (non-hydrogen) atoms. The number of aryl methyl sites for hydroxylation is 1. The van der Waals surface area contributed by atoms with E-state index in [4.69, 9.17) is 5.73 Å². The van der Waals surface area contributed by atoms with E-state index in [1.54, 1.807) is 6.07 Å². The van der Waals surface area contributed by atoms with Crippen LogP contribution in [0.15, 0.2) is 30.5 Å². The SMILES string of the molecule is Cc1ccc(N)c(Cn2ccc(C(F)(F)F)n2)c1. The zero-order valence-corrected chi connectivity index (χ0v) is 9.70. The van der Waals surface area contributed by atoms with Crippen LogP contribution < -0.4 is 5.73 Å². The Kier molecular flexibility index (Phi) is 3.02. The van der Waals surface area contributed by atoms with Crippen LogP contribution in [0, 0.1) is 6.92 Å². The van der Waals surface area contributed by atoms with Gasteiger partial charge in [-0.15, -0.1) is 0 Å². The molecule has 0 radical (unpaired) electrons. The van der Waals surface area contributed by atoms with Gasteiger partial charge in [0.15, 0.2) is 5.69 Å². The standard InChI is InChI=1S/C12H12F3N3/c1-8-2-3-10(16)9(6-8)7-18-5-4-11(17-18)12(13,14)15/h2-6H,7,16H2,1H3. The average Bonchev–Trinajstić information content (AvgIpc) is 2.71. The number of nitrogen functional groups attached to an aromatic ring is 1. The number of hydrogen-bond acceptors (Lipinski definition) is 2. The van der Waals surface area contributed by atoms with Crippen LogP contribution in [0.5, 0.6) is 0 Å². The molecule has 2 aromatic rings. The number of nitrogens with two attached hydrogens (primary N) is 1. The largest absolute Gasteiger partial charge is 0.435 e. The van der Waals surface area contributed by atoms with Gasteiger partial charge in [-0.3, -0.25) is 4.68 Å². The molecule has 1 aromatic heterocycles. The Morgan fingerprint density at radius 1 is 1.28 bits per heavy atom. The zero-order valence-electron chi connectivity index (χ0n) is 9.70. The Bertz CT molecular complexity index is 558. The Morgan fingerprint density at radius 2 is 2.00 bits per heavy atom. The number of rotatable bonds is 2. The summed E-state index contributed by atoms with van der Waals surface area (Å²) >= 11 is 0. The summed E-state index contributed by atoms with van der Waals surface area (Å²) < 4.78 is 38.4. The number of anilines is 1. The minimum Gasteiger partial charge on any atom is -0.398 e. The Morgan fingerprint density at radius 3 is 2.61 bits per heavy atom. The predicted molar refractivity (Wildman–Crippen MR) is 61.9 cm³/mol. The van der Waals surface area contributed by atoms with Crippen LogP contribution in [0.1, 0.15) is 16.8 Å². The lowest BCUT2D eigenvalue weighted by atomic mass is 10.1. The first-order chi connectivity index (χ1) is 8.36. The molecular weight excluding hydrogens is 243 g/mol. The summed E-state index contributed by atoms with van der Waals surface area (Å²) in [4.78, 5) is 0. The number of nitrogens with zero attached hydrogens (tertiary/aromatic N) is 2. The second-order valence-electron chi connectivity index (χ2n) is 4.10. The zero-order chi connectivity index (χ0) is 13.3. The summed E-state index contributed by atoms with van der Waals surface area (Å²) in [6, 6.07) is 6.37. The van der Waals surface area contributed by atoms with E-state index in [1.165, 1.54) is 10.9 Å². The number of hydrogen-bond donors (Lipinski definition) is 1. The van der Waals surface area contributed by atoms with Gasteiger partial charge in [0.05, 0.1) is 6.54 Å². The quantitative estimate of drug-likeness (QED) is 0.838. The van der Waals surface area contributed by atoms with E-state index in [1.807, 2.05) is 19.1 Å². The molecule has 2 rings (SSSR count). The van der Waals surface area contributed by atoms with Gasteiger partial charge < -0.3 is 5.73 Å². The van der Waals surface area contributed by atoms with Crippen molar-refractivity contribution in [2.75, 3.05) is 5.73 Å². The molecule has 0 atom stereocenters. The normalized spacial score (nSPS) is 11.8. The highest BCUT2D eigenvalue weighted by molar-refractivity contribution is 5.48. The smallest absolute Gasteiger partial charge is 0.398 e. The molecule has 1 heterocycles. The van der Waals surface area contributed by atoms with Gasteiger partial charge in [0, 0.05) is 11.9 Å². The van der Waals surface area contributed by atoms with Gasteiger partial charge in [0.2, 0.25) is 0 Å². The molecule has 0 aliphatic carbocycles. The van der Waals surface area contributed by atoms with E-state index in [2.05, 4.69) is 5.10 Å². The molecule has 1 aromatic carbocycles. The van der Waals surface area contributed by atoms with Gasteiger partial charge in [-0.05, 0) is 24.6 Å². The van der Waals surface area contributed by atoms with Crippen LogP contribution in [0.25, 0.3) is 0 Å². The van der Waals surface area contributed by atoms with Crippen LogP contribution in [0.3, 0.4) is 0 Å². The first kappa shape index (κ1) is 12.5. The van der Waals surface area contributed by atoms with Gasteiger partial charge in [-0.25, -0.2) is 0 Å². The molecule has 0 saturated carbocycles. The van der Waals surface area contributed by atoms with Crippen molar-refractivity contribution in [1.82, 2.24) is 9.78 Å². The van der Waals surface area contributed by atoms with E-state index in [9.17, 15) is 13.2 Å². The van der Waals surface area contributed by atoms with E-state index in [-0.39, 0.29) is 6.54 Å². The summed E-state index contributed by atoms with van der Waals surface area (Å²) in [6.45, 7) is 2.12. The predicted octanol–water partition coefficient (Wildman–Crippen LogP) is 2.84. The van der Waals surface area contributed by atoms with E-state index < -0.39 is 11.9 Å². The maximum Gasteiger partial charge on any atom is 0.435 e. The summed E-state index contributed by atoms with van der Waals surface area (Å²) in [5, 5.41) is 3.48. The average molecular weight is 255 g/mol. The molecule has 96 valence electrons. The highest BCUT2D eigenvalue weighted by atomic mass is 19.4. The fourth-order valence-electron chi connectivity index (χ4n) is 1.65. The fourth-order valence-corrected chi connectivity index (χ4v) is 1.65. The van der Waals surface area contributed by atoms with Crippen molar-refractivity contribution in [3.63, 3.8) is 0 Å². The molecule has 0 aliphatic rings. The third-order valence-electron chi connectivity index (χ3n) is 2.56. The maximum atomic E-state index is 12.4. The summed E-state index contributed by atoms with van der Waals surface area (Å²) in [7, 11) is 0. The van der Waals surface area contributed by atoms with E-state index >= 15 is 0 Å². The third kappa shape index (κ3) is 2.64. The van der Waals surface area contributed by atoms with E-state index in [0.29, 0.717) is 5.69 Å². The van der Waals surface area contributed by atoms with Crippen molar-refractivity contribution in [3.05, 3.63) is 47.3 Å². The molecule has 0 spiro atoms. The Hall–Kier alpha value is -1.98. The highest BCUT2D eigenvalue weighted by Gasteiger charge is 2.33. The highest BCUT2D eigenvalue weighted by Crippen LogP contribution is 2.27. The molecule has 0 fully saturated rings. The monoisotopic (exact) mass is 255 g/mol. The molecule has 0 aliphatic heterocycles. The molecule has 0 amide bonds. The number of alkyl halides is 3. The minimum atomic E-state index is -4.41. The van der Waals surface area contributed by atoms with Gasteiger partial charge in [-0.1, -0.05) is 17.7 Å². The molecule has 0 bridgehead atoms. The van der Waals surface area contributed by atoms with Gasteiger partial charge in [-0.2, -0.15) is 18.3 Å². The first-order valence-corrected chi connectivity index (χ1v) is 5.32. The van der Waals surface area contributed by atoms with Gasteiger partial charge in [0.1, 0.15) is 0 Å². The van der Waals surface area contributed by atoms with Crippen molar-refractivity contribution in [1.29, 1.82) is 0 Å². The van der Waals surface area contributed by atoms with Crippen LogP contribution in [0.4, 0.5) is 18.9 Å². The fraction of sp³-hybridized carbons (Fsp3) is 0.250. The van der Waals surface area contributed by atoms with E-state index in [0.717, 1.165) is 17.2 Å². The molecule has 0 saturated heterocycles. The minimum absolute atomic E-state index is 0.226. The van der Waals surface area contributed by atoms with Crippen molar-refractivity contribution in [2.45, 2.75) is 19.6 Å². The molecule has 2 N–H and O–H groups in total. The van der Waals surface area contributed by atoms with Crippen LogP contribution in [-0.4, -0.2) is 9.78 Å². The second-order valence-corrected chi connectivity index (χ2v) is 4.10. The summed E-state index contributed by atoms with van der Waals surface area (Å²) in [6.07, 6.45) is -3.12. The van der Waals surface area contributed by atoms with Crippen molar-refractivity contribution >= 4 is 5.69 Å². The lowest BCUT2D eigenvalue weighted by Crippen LogP contribution is -2.09. The van der Waals surface area contributed by atoms with Crippen LogP contribution >= 0.6 is 0 Å². The summed E-state index contributed by atoms with van der Waals surface area (Å²) in [5.74, 6) is 0. The summed E-state index contributed by atoms with van der Waals surface area (Å²) in [5.41, 5.74) is 7.18. The molecular formula is C12H12F3N3. The topological polar surface area (TPSA) is 43.8 Å². The molecule has 3 nitrogen and oxygen atoms in total. The van der Waals surface area contributed by atoms with Crippen molar-refractivity contribution in [3.8, 4) is 0 Å². The molecule has 6 heteroatoms. The third-order valence-corrected chi connectivity index (χ3v) is 2.56. The second kappa shape index (κ2) is 4.36. The molecule has 0 unspecified atom stereocenters.